The number of hydrogen-bond acceptors (Lipinski definition) is 6. The van der Waals surface area contributed by atoms with Crippen LogP contribution in [-0.2, 0) is 14.2 Å². The maximum absolute atomic E-state index is 12.2. The Labute approximate surface area is 163 Å². The second-order valence-corrected chi connectivity index (χ2v) is 8.44. The van der Waals surface area contributed by atoms with Crippen LogP contribution < -0.4 is 5.32 Å². The maximum atomic E-state index is 12.2. The zero-order chi connectivity index (χ0) is 19.4. The van der Waals surface area contributed by atoms with Crippen molar-refractivity contribution in [3.8, 4) is 10.4 Å². The molecule has 0 spiro atoms. The van der Waals surface area contributed by atoms with Crippen molar-refractivity contribution in [1.29, 1.82) is 0 Å². The minimum Gasteiger partial charge on any atom is -0.444 e. The van der Waals surface area contributed by atoms with Crippen LogP contribution in [0.25, 0.3) is 10.4 Å². The van der Waals surface area contributed by atoms with Gasteiger partial charge in [0.2, 0.25) is 0 Å². The lowest BCUT2D eigenvalue weighted by atomic mass is 10.0. The molecule has 0 radical (unpaired) electrons. The van der Waals surface area contributed by atoms with E-state index in [2.05, 4.69) is 10.3 Å². The van der Waals surface area contributed by atoms with Gasteiger partial charge in [0.25, 0.3) is 0 Å². The predicted molar refractivity (Wildman–Crippen MR) is 105 cm³/mol. The lowest BCUT2D eigenvalue weighted by Crippen LogP contribution is -2.36. The van der Waals surface area contributed by atoms with Crippen molar-refractivity contribution >= 4 is 17.4 Å². The summed E-state index contributed by atoms with van der Waals surface area (Å²) in [5, 5.41) is 2.91. The van der Waals surface area contributed by atoms with Crippen LogP contribution in [0.5, 0.6) is 0 Å². The quantitative estimate of drug-likeness (QED) is 0.721. The number of amides is 1. The van der Waals surface area contributed by atoms with Gasteiger partial charge in [0.05, 0.1) is 41.9 Å². The molecule has 3 rings (SSSR count). The number of alkyl carbamates (subject to hydrolysis) is 1. The van der Waals surface area contributed by atoms with Crippen molar-refractivity contribution in [3.63, 3.8) is 0 Å². The molecular weight excluding hydrogens is 364 g/mol. The van der Waals surface area contributed by atoms with Gasteiger partial charge in [-0.2, -0.15) is 0 Å². The molecule has 7 heteroatoms. The van der Waals surface area contributed by atoms with Gasteiger partial charge in [0, 0.05) is 0 Å². The highest BCUT2D eigenvalue weighted by Gasteiger charge is 2.25. The number of aromatic nitrogens is 1. The van der Waals surface area contributed by atoms with Gasteiger partial charge in [0.15, 0.2) is 0 Å². The molecule has 2 heterocycles. The fraction of sp³-hybridized carbons (Fsp3) is 0.500. The van der Waals surface area contributed by atoms with Gasteiger partial charge in [-0.3, -0.25) is 0 Å². The molecule has 1 aliphatic heterocycles. The molecule has 27 heavy (non-hydrogen) atoms. The standard InChI is InChI=1S/C20H26N2O4S/c1-13-18(27-12-21-13)15-7-5-14(6-8-15)17(11-24-9-16-10-25-16)22-19(23)26-20(2,3)4/h5-8,12,16-17H,9-11H2,1-4H3,(H,22,23)/t16?,17-/m0/s1. The zero-order valence-corrected chi connectivity index (χ0v) is 17.0. The number of carbonyl (C=O) groups is 1. The number of nitrogens with zero attached hydrogens (tertiary/aromatic N) is 1. The highest BCUT2D eigenvalue weighted by molar-refractivity contribution is 7.13. The van der Waals surface area contributed by atoms with E-state index in [4.69, 9.17) is 14.2 Å². The first-order valence-corrected chi connectivity index (χ1v) is 9.89. The van der Waals surface area contributed by atoms with Crippen LogP contribution in [0.3, 0.4) is 0 Å². The largest absolute Gasteiger partial charge is 0.444 e. The summed E-state index contributed by atoms with van der Waals surface area (Å²) < 4.78 is 16.3. The van der Waals surface area contributed by atoms with Crippen molar-refractivity contribution in [2.75, 3.05) is 19.8 Å². The summed E-state index contributed by atoms with van der Waals surface area (Å²) in [6, 6.07) is 7.81. The van der Waals surface area contributed by atoms with Gasteiger partial charge in [-0.25, -0.2) is 9.78 Å². The number of benzene rings is 1. The van der Waals surface area contributed by atoms with Crippen molar-refractivity contribution < 1.29 is 19.0 Å². The third-order valence-electron chi connectivity index (χ3n) is 4.00. The number of nitrogens with one attached hydrogen (secondary N) is 1. The Balaban J connectivity index is 1.70. The van der Waals surface area contributed by atoms with Crippen LogP contribution in [0.1, 0.15) is 38.1 Å². The average Bonchev–Trinajstić information content (AvgIpc) is 3.31. The van der Waals surface area contributed by atoms with Gasteiger partial charge in [-0.05, 0) is 38.8 Å². The molecule has 1 N–H and O–H groups in total. The third-order valence-corrected chi connectivity index (χ3v) is 4.98. The van der Waals surface area contributed by atoms with Crippen LogP contribution in [0.15, 0.2) is 29.8 Å². The molecule has 1 fully saturated rings. The second kappa shape index (κ2) is 8.37. The van der Waals surface area contributed by atoms with E-state index in [0.717, 1.165) is 28.3 Å². The molecule has 2 atom stereocenters. The van der Waals surface area contributed by atoms with Crippen molar-refractivity contribution in [3.05, 3.63) is 41.0 Å². The van der Waals surface area contributed by atoms with E-state index in [0.29, 0.717) is 13.2 Å². The van der Waals surface area contributed by atoms with Crippen molar-refractivity contribution in [2.24, 2.45) is 0 Å². The Bertz CT molecular complexity index is 763. The SMILES string of the molecule is Cc1ncsc1-c1ccc([C@H](COCC2CO2)NC(=O)OC(C)(C)C)cc1. The zero-order valence-electron chi connectivity index (χ0n) is 16.2. The van der Waals surface area contributed by atoms with Crippen LogP contribution in [0, 0.1) is 6.92 Å². The van der Waals surface area contributed by atoms with Gasteiger partial charge >= 0.3 is 6.09 Å². The minimum atomic E-state index is -0.551. The van der Waals surface area contributed by atoms with Crippen LogP contribution in [0.2, 0.25) is 0 Å². The van der Waals surface area contributed by atoms with Crippen LogP contribution in [0.4, 0.5) is 4.79 Å². The molecule has 1 amide bonds. The first kappa shape index (κ1) is 19.8. The lowest BCUT2D eigenvalue weighted by molar-refractivity contribution is 0.0430. The van der Waals surface area contributed by atoms with Gasteiger partial charge in [0.1, 0.15) is 11.7 Å². The Morgan fingerprint density at radius 1 is 1.37 bits per heavy atom. The average molecular weight is 391 g/mol. The first-order chi connectivity index (χ1) is 12.8. The van der Waals surface area contributed by atoms with E-state index in [1.54, 1.807) is 11.3 Å². The lowest BCUT2D eigenvalue weighted by Gasteiger charge is -2.24. The van der Waals surface area contributed by atoms with Gasteiger partial charge < -0.3 is 19.5 Å². The molecule has 1 unspecified atom stereocenters. The normalized spacial score (nSPS) is 17.4. The predicted octanol–water partition coefficient (Wildman–Crippen LogP) is 4.10. The molecular formula is C20H26N2O4S. The smallest absolute Gasteiger partial charge is 0.408 e. The molecule has 1 aromatic heterocycles. The second-order valence-electron chi connectivity index (χ2n) is 7.58. The topological polar surface area (TPSA) is 73.0 Å². The van der Waals surface area contributed by atoms with E-state index in [-0.39, 0.29) is 12.1 Å². The van der Waals surface area contributed by atoms with Gasteiger partial charge in [-0.1, -0.05) is 24.3 Å². The van der Waals surface area contributed by atoms with Crippen LogP contribution >= 0.6 is 11.3 Å². The Hall–Kier alpha value is -1.96. The summed E-state index contributed by atoms with van der Waals surface area (Å²) in [5.74, 6) is 0. The Morgan fingerprint density at radius 2 is 2.07 bits per heavy atom. The number of rotatable bonds is 7. The Morgan fingerprint density at radius 3 is 2.63 bits per heavy atom. The molecule has 2 aromatic rings. The molecule has 0 saturated carbocycles. The maximum Gasteiger partial charge on any atom is 0.408 e. The molecule has 146 valence electrons. The van der Waals surface area contributed by atoms with Crippen molar-refractivity contribution in [1.82, 2.24) is 10.3 Å². The van der Waals surface area contributed by atoms with E-state index >= 15 is 0 Å². The molecule has 1 saturated heterocycles. The number of carbonyl (C=O) groups excluding carboxylic acids is 1. The summed E-state index contributed by atoms with van der Waals surface area (Å²) in [7, 11) is 0. The third kappa shape index (κ3) is 6.02. The molecule has 6 nitrogen and oxygen atoms in total. The number of hydrogen-bond donors (Lipinski definition) is 1. The van der Waals surface area contributed by atoms with Gasteiger partial charge in [-0.15, -0.1) is 11.3 Å². The summed E-state index contributed by atoms with van der Waals surface area (Å²) in [6.45, 7) is 9.16. The van der Waals surface area contributed by atoms with Crippen molar-refractivity contribution in [2.45, 2.75) is 45.4 Å². The summed E-state index contributed by atoms with van der Waals surface area (Å²) in [4.78, 5) is 17.7. The molecule has 1 aliphatic rings. The molecule has 0 bridgehead atoms. The molecule has 1 aromatic carbocycles. The van der Waals surface area contributed by atoms with E-state index < -0.39 is 11.7 Å². The van der Waals surface area contributed by atoms with E-state index in [1.807, 2.05) is 57.5 Å². The minimum absolute atomic E-state index is 0.184. The van der Waals surface area contributed by atoms with E-state index in [1.165, 1.54) is 0 Å². The Kier molecular flexibility index (Phi) is 6.14. The van der Waals surface area contributed by atoms with E-state index in [9.17, 15) is 4.79 Å². The fourth-order valence-corrected chi connectivity index (χ4v) is 3.41. The molecule has 0 aliphatic carbocycles. The highest BCUT2D eigenvalue weighted by atomic mass is 32.1. The summed E-state index contributed by atoms with van der Waals surface area (Å²) in [5.41, 5.74) is 4.39. The number of thiazole rings is 1. The highest BCUT2D eigenvalue weighted by Crippen LogP contribution is 2.28. The summed E-state index contributed by atoms with van der Waals surface area (Å²) in [6.07, 6.45) is -0.273. The number of aryl methyl sites for hydroxylation is 1. The number of epoxide rings is 1. The van der Waals surface area contributed by atoms with Crippen LogP contribution in [-0.4, -0.2) is 42.6 Å². The number of ether oxygens (including phenoxy) is 3. The monoisotopic (exact) mass is 390 g/mol. The first-order valence-electron chi connectivity index (χ1n) is 9.01. The summed E-state index contributed by atoms with van der Waals surface area (Å²) >= 11 is 1.62. The fourth-order valence-electron chi connectivity index (χ4n) is 2.60.